The average Bonchev–Trinajstić information content (AvgIpc) is 2.68. The molecule has 1 unspecified atom stereocenters. The third-order valence-corrected chi connectivity index (χ3v) is 5.42. The lowest BCUT2D eigenvalue weighted by Crippen LogP contribution is -2.38. The maximum absolute atomic E-state index is 12.9. The molecule has 0 radical (unpaired) electrons. The molecule has 0 aliphatic rings. The minimum Gasteiger partial charge on any atom is -0.406 e. The Kier molecular flexibility index (Phi) is 8.69. The Morgan fingerprint density at radius 3 is 2.36 bits per heavy atom. The summed E-state index contributed by atoms with van der Waals surface area (Å²) in [5.74, 6) is -1.69. The average molecular weight is 577 g/mol. The summed E-state index contributed by atoms with van der Waals surface area (Å²) in [4.78, 5) is 39.2. The van der Waals surface area contributed by atoms with Crippen LogP contribution in [0.5, 0.6) is 5.75 Å². The summed E-state index contributed by atoms with van der Waals surface area (Å²) in [6.45, 7) is 3.20. The van der Waals surface area contributed by atoms with Gasteiger partial charge in [-0.2, -0.15) is 0 Å². The molecule has 2 aromatic carbocycles. The van der Waals surface area contributed by atoms with Gasteiger partial charge >= 0.3 is 6.36 Å². The van der Waals surface area contributed by atoms with Crippen molar-refractivity contribution < 1.29 is 32.3 Å². The van der Waals surface area contributed by atoms with Crippen molar-refractivity contribution in [1.82, 2.24) is 10.2 Å². The lowest BCUT2D eigenvalue weighted by molar-refractivity contribution is -0.274. The van der Waals surface area contributed by atoms with Crippen molar-refractivity contribution >= 4 is 46.0 Å². The fourth-order valence-corrected chi connectivity index (χ4v) is 3.64. The summed E-state index contributed by atoms with van der Waals surface area (Å²) in [6, 6.07) is 7.80. The molecule has 0 aromatic heterocycles. The normalized spacial score (nSPS) is 12.0. The summed E-state index contributed by atoms with van der Waals surface area (Å²) >= 11 is 1.93. The molecule has 33 heavy (non-hydrogen) atoms. The molecule has 0 aliphatic carbocycles. The van der Waals surface area contributed by atoms with Crippen LogP contribution in [0.3, 0.4) is 0 Å². The number of alkyl halides is 3. The van der Waals surface area contributed by atoms with E-state index in [1.54, 1.807) is 33.2 Å². The van der Waals surface area contributed by atoms with E-state index in [1.165, 1.54) is 24.0 Å². The Morgan fingerprint density at radius 2 is 1.79 bits per heavy atom. The number of halogens is 4. The number of nitrogens with zero attached hydrogens (tertiary/aromatic N) is 1. The SMILES string of the molecule is Cc1cc(OC(F)(F)F)ccc1NC(=O)c1cccc(I)c1C(=O)NC(C)CC(=O)N(C)C. The van der Waals surface area contributed by atoms with Crippen LogP contribution in [0.15, 0.2) is 36.4 Å². The van der Waals surface area contributed by atoms with Crippen molar-refractivity contribution in [3.63, 3.8) is 0 Å². The molecule has 11 heteroatoms. The van der Waals surface area contributed by atoms with Crippen LogP contribution >= 0.6 is 22.6 Å². The first-order valence-electron chi connectivity index (χ1n) is 9.75. The van der Waals surface area contributed by atoms with E-state index in [-0.39, 0.29) is 29.1 Å². The van der Waals surface area contributed by atoms with Gasteiger partial charge in [-0.15, -0.1) is 13.2 Å². The minimum atomic E-state index is -4.82. The Hall–Kier alpha value is -2.83. The smallest absolute Gasteiger partial charge is 0.406 e. The Bertz CT molecular complexity index is 1060. The molecule has 2 N–H and O–H groups in total. The van der Waals surface area contributed by atoms with Gasteiger partial charge in [0.2, 0.25) is 5.91 Å². The fraction of sp³-hybridized carbons (Fsp3) is 0.318. The van der Waals surface area contributed by atoms with Crippen molar-refractivity contribution in [2.45, 2.75) is 32.7 Å². The third-order valence-electron chi connectivity index (χ3n) is 4.52. The molecule has 0 heterocycles. The van der Waals surface area contributed by atoms with Crippen LogP contribution < -0.4 is 15.4 Å². The minimum absolute atomic E-state index is 0.0838. The summed E-state index contributed by atoms with van der Waals surface area (Å²) in [5, 5.41) is 5.35. The summed E-state index contributed by atoms with van der Waals surface area (Å²) in [7, 11) is 3.23. The topological polar surface area (TPSA) is 87.7 Å². The first kappa shape index (κ1) is 26.4. The van der Waals surface area contributed by atoms with E-state index >= 15 is 0 Å². The predicted octanol–water partition coefficient (Wildman–Crippen LogP) is 4.35. The molecule has 0 spiro atoms. The van der Waals surface area contributed by atoms with Crippen molar-refractivity contribution in [3.05, 3.63) is 56.7 Å². The van der Waals surface area contributed by atoms with E-state index in [0.29, 0.717) is 9.13 Å². The number of carbonyl (C=O) groups excluding carboxylic acids is 3. The zero-order chi connectivity index (χ0) is 24.9. The van der Waals surface area contributed by atoms with Gasteiger partial charge in [-0.3, -0.25) is 14.4 Å². The highest BCUT2D eigenvalue weighted by molar-refractivity contribution is 14.1. The largest absolute Gasteiger partial charge is 0.573 e. The third kappa shape index (κ3) is 7.62. The van der Waals surface area contributed by atoms with Crippen LogP contribution in [0.4, 0.5) is 18.9 Å². The van der Waals surface area contributed by atoms with Gasteiger partial charge in [-0.25, -0.2) is 0 Å². The zero-order valence-electron chi connectivity index (χ0n) is 18.3. The molecule has 3 amide bonds. The van der Waals surface area contributed by atoms with Crippen LogP contribution in [-0.2, 0) is 4.79 Å². The highest BCUT2D eigenvalue weighted by Crippen LogP contribution is 2.27. The number of rotatable bonds is 7. The van der Waals surface area contributed by atoms with E-state index in [1.807, 2.05) is 22.6 Å². The Labute approximate surface area is 202 Å². The quantitative estimate of drug-likeness (QED) is 0.480. The number of benzene rings is 2. The summed E-state index contributed by atoms with van der Waals surface area (Å²) in [5.41, 5.74) is 0.831. The Balaban J connectivity index is 2.23. The van der Waals surface area contributed by atoms with Crippen molar-refractivity contribution in [2.75, 3.05) is 19.4 Å². The number of carbonyl (C=O) groups is 3. The van der Waals surface area contributed by atoms with Crippen molar-refractivity contribution in [2.24, 2.45) is 0 Å². The number of hydrogen-bond donors (Lipinski definition) is 2. The van der Waals surface area contributed by atoms with E-state index in [9.17, 15) is 27.6 Å². The maximum atomic E-state index is 12.9. The second-order valence-corrected chi connectivity index (χ2v) is 8.67. The van der Waals surface area contributed by atoms with Crippen molar-refractivity contribution in [3.8, 4) is 5.75 Å². The second kappa shape index (κ2) is 10.9. The maximum Gasteiger partial charge on any atom is 0.573 e. The molecule has 2 rings (SSSR count). The zero-order valence-corrected chi connectivity index (χ0v) is 20.5. The summed E-state index contributed by atoms with van der Waals surface area (Å²) < 4.78 is 41.6. The predicted molar refractivity (Wildman–Crippen MR) is 125 cm³/mol. The highest BCUT2D eigenvalue weighted by atomic mass is 127. The van der Waals surface area contributed by atoms with Gasteiger partial charge in [0, 0.05) is 35.8 Å². The molecule has 0 saturated heterocycles. The summed E-state index contributed by atoms with van der Waals surface area (Å²) in [6.07, 6.45) is -4.73. The van der Waals surface area contributed by atoms with Gasteiger partial charge in [0.1, 0.15) is 5.75 Å². The van der Waals surface area contributed by atoms with Gasteiger partial charge in [0.15, 0.2) is 0 Å². The molecular formula is C22H23F3IN3O4. The number of anilines is 1. The lowest BCUT2D eigenvalue weighted by atomic mass is 10.0. The number of nitrogens with one attached hydrogen (secondary N) is 2. The first-order chi connectivity index (χ1) is 15.3. The van der Waals surface area contributed by atoms with Crippen LogP contribution in [0.2, 0.25) is 0 Å². The Morgan fingerprint density at radius 1 is 1.12 bits per heavy atom. The lowest BCUT2D eigenvalue weighted by Gasteiger charge is -2.18. The number of ether oxygens (including phenoxy) is 1. The molecule has 2 aromatic rings. The molecule has 1 atom stereocenters. The molecule has 0 aliphatic heterocycles. The van der Waals surface area contributed by atoms with E-state index in [0.717, 1.165) is 12.1 Å². The van der Waals surface area contributed by atoms with Crippen molar-refractivity contribution in [1.29, 1.82) is 0 Å². The number of hydrogen-bond acceptors (Lipinski definition) is 4. The number of amides is 3. The first-order valence-corrected chi connectivity index (χ1v) is 10.8. The molecule has 0 fully saturated rings. The van der Waals surface area contributed by atoms with Gasteiger partial charge in [0.25, 0.3) is 11.8 Å². The van der Waals surface area contributed by atoms with Crippen LogP contribution in [0.25, 0.3) is 0 Å². The molecular weight excluding hydrogens is 554 g/mol. The molecule has 0 saturated carbocycles. The van der Waals surface area contributed by atoms with E-state index in [4.69, 9.17) is 0 Å². The van der Waals surface area contributed by atoms with E-state index < -0.39 is 30.0 Å². The standard InChI is InChI=1S/C22H23F3IN3O4/c1-12-10-14(33-22(23,24)25)8-9-17(12)28-20(31)15-6-5-7-16(26)19(15)21(32)27-13(2)11-18(30)29(3)4/h5-10,13H,11H2,1-4H3,(H,27,32)(H,28,31). The van der Waals surface area contributed by atoms with Gasteiger partial charge in [-0.1, -0.05) is 6.07 Å². The van der Waals surface area contributed by atoms with Crippen LogP contribution in [0, 0.1) is 10.5 Å². The van der Waals surface area contributed by atoms with Gasteiger partial charge in [0.05, 0.1) is 11.1 Å². The molecule has 7 nitrogen and oxygen atoms in total. The van der Waals surface area contributed by atoms with Gasteiger partial charge < -0.3 is 20.3 Å². The van der Waals surface area contributed by atoms with Crippen LogP contribution in [0.1, 0.15) is 39.6 Å². The van der Waals surface area contributed by atoms with E-state index in [2.05, 4.69) is 15.4 Å². The molecule has 0 bridgehead atoms. The highest BCUT2D eigenvalue weighted by Gasteiger charge is 2.31. The van der Waals surface area contributed by atoms with Gasteiger partial charge in [-0.05, 0) is 72.3 Å². The fourth-order valence-electron chi connectivity index (χ4n) is 2.90. The second-order valence-electron chi connectivity index (χ2n) is 7.51. The monoisotopic (exact) mass is 577 g/mol. The number of aryl methyl sites for hydroxylation is 1. The van der Waals surface area contributed by atoms with Crippen LogP contribution in [-0.4, -0.2) is 49.1 Å². The molecule has 178 valence electrons.